The summed E-state index contributed by atoms with van der Waals surface area (Å²) in [6.45, 7) is 0. The maximum Gasteiger partial charge on any atom is 0.136 e. The van der Waals surface area contributed by atoms with Crippen LogP contribution in [0.25, 0.3) is 82.1 Å². The SMILES string of the molecule is c1ccc(-c2ccc3ccc(N(c4ccc5oc6ccc7ccccc7c6c5c4)c4ccc5c(c4)c4ccccc4n5-c4ccccc4)cc3c2)cc1. The van der Waals surface area contributed by atoms with E-state index in [-0.39, 0.29) is 0 Å². The summed E-state index contributed by atoms with van der Waals surface area (Å²) in [6, 6.07) is 69.9. The topological polar surface area (TPSA) is 21.3 Å². The summed E-state index contributed by atoms with van der Waals surface area (Å²) in [7, 11) is 0. The Morgan fingerprint density at radius 3 is 1.85 bits per heavy atom. The zero-order chi connectivity index (χ0) is 34.9. The van der Waals surface area contributed by atoms with Crippen molar-refractivity contribution in [2.24, 2.45) is 0 Å². The molecule has 0 fully saturated rings. The molecule has 11 aromatic rings. The number of aromatic nitrogens is 1. The van der Waals surface area contributed by atoms with Crippen molar-refractivity contribution in [1.29, 1.82) is 0 Å². The molecule has 0 saturated heterocycles. The van der Waals surface area contributed by atoms with E-state index in [9.17, 15) is 0 Å². The lowest BCUT2D eigenvalue weighted by Gasteiger charge is -2.26. The van der Waals surface area contributed by atoms with Gasteiger partial charge in [0.25, 0.3) is 0 Å². The quantitative estimate of drug-likeness (QED) is 0.181. The van der Waals surface area contributed by atoms with E-state index in [1.54, 1.807) is 0 Å². The molecule has 0 aliphatic rings. The second-order valence-corrected chi connectivity index (χ2v) is 13.8. The van der Waals surface area contributed by atoms with E-state index in [1.165, 1.54) is 54.5 Å². The third kappa shape index (κ3) is 4.75. The summed E-state index contributed by atoms with van der Waals surface area (Å²) in [5, 5.41) is 9.48. The maximum absolute atomic E-state index is 6.45. The minimum absolute atomic E-state index is 0.882. The van der Waals surface area contributed by atoms with Crippen molar-refractivity contribution < 1.29 is 4.42 Å². The normalized spacial score (nSPS) is 11.8. The van der Waals surface area contributed by atoms with Crippen LogP contribution in [0.5, 0.6) is 0 Å². The van der Waals surface area contributed by atoms with E-state index >= 15 is 0 Å². The molecule has 0 spiro atoms. The number of para-hydroxylation sites is 2. The molecule has 11 rings (SSSR count). The first-order valence-corrected chi connectivity index (χ1v) is 18.1. The molecule has 0 atom stereocenters. The molecule has 0 aliphatic carbocycles. The number of benzene rings is 9. The molecule has 53 heavy (non-hydrogen) atoms. The molecule has 0 unspecified atom stereocenters. The Hall–Kier alpha value is -7.10. The van der Waals surface area contributed by atoms with E-state index in [0.29, 0.717) is 0 Å². The fourth-order valence-corrected chi connectivity index (χ4v) is 8.26. The lowest BCUT2D eigenvalue weighted by Crippen LogP contribution is -2.10. The predicted molar refractivity (Wildman–Crippen MR) is 223 cm³/mol. The molecule has 2 aromatic heterocycles. The minimum Gasteiger partial charge on any atom is -0.456 e. The second kappa shape index (κ2) is 11.7. The molecule has 0 amide bonds. The first-order chi connectivity index (χ1) is 26.3. The monoisotopic (exact) mass is 676 g/mol. The molecule has 0 N–H and O–H groups in total. The molecular formula is C50H32N2O. The van der Waals surface area contributed by atoms with Gasteiger partial charge in [0.15, 0.2) is 0 Å². The molecule has 0 saturated carbocycles. The fraction of sp³-hybridized carbons (Fsp3) is 0. The Bertz CT molecular complexity index is 3170. The fourth-order valence-electron chi connectivity index (χ4n) is 8.26. The van der Waals surface area contributed by atoms with Crippen molar-refractivity contribution in [3.05, 3.63) is 194 Å². The van der Waals surface area contributed by atoms with E-state index in [4.69, 9.17) is 4.42 Å². The molecule has 0 radical (unpaired) electrons. The summed E-state index contributed by atoms with van der Waals surface area (Å²) in [5.41, 5.74) is 11.0. The van der Waals surface area contributed by atoms with Crippen molar-refractivity contribution >= 4 is 82.4 Å². The standard InChI is InChI=1S/C50H32N2O/c1-3-11-33(12-4-1)36-20-19-34-21-23-39(30-37(34)29-36)51(41-25-28-48-45(32-41)50-42-16-8-7-13-35(42)22-27-49(50)53-48)40-24-26-47-44(31-40)43-17-9-10-18-46(43)52(47)38-14-5-2-6-15-38/h1-32H. The third-order valence-electron chi connectivity index (χ3n) is 10.7. The average molecular weight is 677 g/mol. The molecular weight excluding hydrogens is 645 g/mol. The van der Waals surface area contributed by atoms with Gasteiger partial charge in [-0.1, -0.05) is 115 Å². The van der Waals surface area contributed by atoms with E-state index in [0.717, 1.165) is 44.7 Å². The van der Waals surface area contributed by atoms with Crippen molar-refractivity contribution in [3.63, 3.8) is 0 Å². The van der Waals surface area contributed by atoms with Gasteiger partial charge in [0.2, 0.25) is 0 Å². The number of fused-ring (bicyclic) bond motifs is 9. The Morgan fingerprint density at radius 1 is 0.358 bits per heavy atom. The lowest BCUT2D eigenvalue weighted by atomic mass is 10.0. The van der Waals surface area contributed by atoms with Crippen LogP contribution in [0.4, 0.5) is 17.1 Å². The summed E-state index contributed by atoms with van der Waals surface area (Å²) in [6.07, 6.45) is 0. The number of hydrogen-bond acceptors (Lipinski definition) is 2. The van der Waals surface area contributed by atoms with Gasteiger partial charge in [0, 0.05) is 44.3 Å². The van der Waals surface area contributed by atoms with Crippen LogP contribution >= 0.6 is 0 Å². The average Bonchev–Trinajstić information content (AvgIpc) is 3.77. The van der Waals surface area contributed by atoms with Crippen LogP contribution < -0.4 is 4.90 Å². The lowest BCUT2D eigenvalue weighted by molar-refractivity contribution is 0.669. The number of nitrogens with zero attached hydrogens (tertiary/aromatic N) is 2. The van der Waals surface area contributed by atoms with Crippen LogP contribution in [0, 0.1) is 0 Å². The number of hydrogen-bond donors (Lipinski definition) is 0. The second-order valence-electron chi connectivity index (χ2n) is 13.8. The Labute approximate surface area is 306 Å². The van der Waals surface area contributed by atoms with Gasteiger partial charge >= 0.3 is 0 Å². The minimum atomic E-state index is 0.882. The van der Waals surface area contributed by atoms with Crippen LogP contribution in [0.1, 0.15) is 0 Å². The van der Waals surface area contributed by atoms with Gasteiger partial charge < -0.3 is 13.9 Å². The summed E-state index contributed by atoms with van der Waals surface area (Å²) >= 11 is 0. The Balaban J connectivity index is 1.16. The highest BCUT2D eigenvalue weighted by atomic mass is 16.3. The zero-order valence-electron chi connectivity index (χ0n) is 28.8. The highest BCUT2D eigenvalue weighted by molar-refractivity contribution is 6.19. The van der Waals surface area contributed by atoms with Gasteiger partial charge in [-0.3, -0.25) is 0 Å². The molecule has 248 valence electrons. The Morgan fingerprint density at radius 2 is 0.981 bits per heavy atom. The number of furan rings is 1. The van der Waals surface area contributed by atoms with Crippen molar-refractivity contribution in [2.75, 3.05) is 4.90 Å². The predicted octanol–water partition coefficient (Wildman–Crippen LogP) is 14.1. The molecule has 3 nitrogen and oxygen atoms in total. The molecule has 0 aliphatic heterocycles. The molecule has 3 heteroatoms. The van der Waals surface area contributed by atoms with Crippen LogP contribution in [0.2, 0.25) is 0 Å². The van der Waals surface area contributed by atoms with Gasteiger partial charge in [0.1, 0.15) is 11.2 Å². The summed E-state index contributed by atoms with van der Waals surface area (Å²) < 4.78 is 8.82. The summed E-state index contributed by atoms with van der Waals surface area (Å²) in [4.78, 5) is 2.39. The maximum atomic E-state index is 6.45. The Kier molecular flexibility index (Phi) is 6.55. The van der Waals surface area contributed by atoms with E-state index < -0.39 is 0 Å². The first-order valence-electron chi connectivity index (χ1n) is 18.1. The highest BCUT2D eigenvalue weighted by Crippen LogP contribution is 2.43. The summed E-state index contributed by atoms with van der Waals surface area (Å²) in [5.74, 6) is 0. The first kappa shape index (κ1) is 29.6. The van der Waals surface area contributed by atoms with Crippen LogP contribution in [0.3, 0.4) is 0 Å². The highest BCUT2D eigenvalue weighted by Gasteiger charge is 2.20. The molecule has 9 aromatic carbocycles. The molecule has 2 heterocycles. The van der Waals surface area contributed by atoms with Gasteiger partial charge in [0.05, 0.1) is 11.0 Å². The van der Waals surface area contributed by atoms with Gasteiger partial charge in [-0.05, 0) is 112 Å². The number of rotatable bonds is 5. The smallest absolute Gasteiger partial charge is 0.136 e. The van der Waals surface area contributed by atoms with Crippen molar-refractivity contribution in [3.8, 4) is 16.8 Å². The third-order valence-corrected chi connectivity index (χ3v) is 10.7. The van der Waals surface area contributed by atoms with Gasteiger partial charge in [-0.15, -0.1) is 0 Å². The zero-order valence-corrected chi connectivity index (χ0v) is 28.8. The molecule has 0 bridgehead atoms. The number of anilines is 3. The van der Waals surface area contributed by atoms with Crippen LogP contribution in [-0.4, -0.2) is 4.57 Å². The van der Waals surface area contributed by atoms with E-state index in [1.807, 2.05) is 0 Å². The van der Waals surface area contributed by atoms with Crippen LogP contribution in [-0.2, 0) is 0 Å². The van der Waals surface area contributed by atoms with Gasteiger partial charge in [-0.25, -0.2) is 0 Å². The van der Waals surface area contributed by atoms with E-state index in [2.05, 4.69) is 204 Å². The van der Waals surface area contributed by atoms with Gasteiger partial charge in [-0.2, -0.15) is 0 Å². The largest absolute Gasteiger partial charge is 0.456 e. The van der Waals surface area contributed by atoms with Crippen molar-refractivity contribution in [1.82, 2.24) is 4.57 Å². The van der Waals surface area contributed by atoms with Crippen molar-refractivity contribution in [2.45, 2.75) is 0 Å². The van der Waals surface area contributed by atoms with Crippen LogP contribution in [0.15, 0.2) is 199 Å².